The van der Waals surface area contributed by atoms with Gasteiger partial charge in [0, 0.05) is 17.7 Å². The smallest absolute Gasteiger partial charge is 0.248 e. The maximum Gasteiger partial charge on any atom is 0.248 e. The van der Waals surface area contributed by atoms with Crippen LogP contribution in [0.3, 0.4) is 0 Å². The summed E-state index contributed by atoms with van der Waals surface area (Å²) in [6.45, 7) is 1.53. The summed E-state index contributed by atoms with van der Waals surface area (Å²) < 4.78 is 15.6. The van der Waals surface area contributed by atoms with E-state index in [1.807, 2.05) is 24.3 Å². The summed E-state index contributed by atoms with van der Waals surface area (Å²) in [5, 5.41) is 2.71. The Kier molecular flexibility index (Phi) is 4.70. The molecule has 6 nitrogen and oxygen atoms in total. The molecule has 0 spiro atoms. The minimum atomic E-state index is -0.350. The Bertz CT molecular complexity index is 840. The minimum Gasteiger partial charge on any atom is -0.497 e. The van der Waals surface area contributed by atoms with Crippen LogP contribution in [0, 0.1) is 0 Å². The molecule has 25 heavy (non-hydrogen) atoms. The monoisotopic (exact) mass is 339 g/mol. The highest BCUT2D eigenvalue weighted by molar-refractivity contribution is 6.08. The molecule has 2 aromatic carbocycles. The molecule has 0 fully saturated rings. The molecule has 0 aromatic heterocycles. The van der Waals surface area contributed by atoms with Crippen LogP contribution >= 0.6 is 0 Å². The topological polar surface area (TPSA) is 73.9 Å². The third kappa shape index (κ3) is 3.80. The fourth-order valence-electron chi connectivity index (χ4n) is 2.40. The van der Waals surface area contributed by atoms with Crippen LogP contribution in [0.5, 0.6) is 17.2 Å². The molecular formula is C19H17NO5. The van der Waals surface area contributed by atoms with Crippen molar-refractivity contribution in [2.24, 2.45) is 0 Å². The molecule has 1 amide bonds. The number of nitrogens with one attached hydrogen (secondary N) is 1. The SMILES string of the molecule is COc1ccc(/C=C/C(=O)Nc2cc3c(cc2C(C)=O)OCO3)cc1. The van der Waals surface area contributed by atoms with E-state index in [0.717, 1.165) is 11.3 Å². The number of fused-ring (bicyclic) bond motifs is 1. The van der Waals surface area contributed by atoms with Crippen LogP contribution in [-0.2, 0) is 4.79 Å². The molecule has 1 heterocycles. The summed E-state index contributed by atoms with van der Waals surface area (Å²) in [6, 6.07) is 10.5. The van der Waals surface area contributed by atoms with Gasteiger partial charge in [-0.15, -0.1) is 0 Å². The number of carbonyl (C=O) groups is 2. The fraction of sp³-hybridized carbons (Fsp3) is 0.158. The Morgan fingerprint density at radius 1 is 1.12 bits per heavy atom. The highest BCUT2D eigenvalue weighted by Gasteiger charge is 2.19. The van der Waals surface area contributed by atoms with E-state index >= 15 is 0 Å². The molecule has 1 aliphatic rings. The number of methoxy groups -OCH3 is 1. The number of amides is 1. The highest BCUT2D eigenvalue weighted by atomic mass is 16.7. The zero-order valence-electron chi connectivity index (χ0n) is 13.9. The summed E-state index contributed by atoms with van der Waals surface area (Å²) in [7, 11) is 1.59. The average Bonchev–Trinajstić information content (AvgIpc) is 3.07. The van der Waals surface area contributed by atoms with Gasteiger partial charge in [0.2, 0.25) is 12.7 Å². The summed E-state index contributed by atoms with van der Waals surface area (Å²) in [6.07, 6.45) is 3.07. The van der Waals surface area contributed by atoms with Gasteiger partial charge in [0.05, 0.1) is 12.8 Å². The predicted octanol–water partition coefficient (Wildman–Crippen LogP) is 3.28. The van der Waals surface area contributed by atoms with Crippen molar-refractivity contribution in [2.45, 2.75) is 6.92 Å². The van der Waals surface area contributed by atoms with Crippen LogP contribution in [0.4, 0.5) is 5.69 Å². The molecule has 0 atom stereocenters. The van der Waals surface area contributed by atoms with Crippen molar-refractivity contribution >= 4 is 23.5 Å². The molecule has 6 heteroatoms. The predicted molar refractivity (Wildman–Crippen MR) is 93.2 cm³/mol. The van der Waals surface area contributed by atoms with Gasteiger partial charge in [-0.3, -0.25) is 9.59 Å². The first-order valence-electron chi connectivity index (χ1n) is 7.64. The van der Waals surface area contributed by atoms with Crippen LogP contribution in [-0.4, -0.2) is 25.6 Å². The van der Waals surface area contributed by atoms with Crippen LogP contribution in [0.15, 0.2) is 42.5 Å². The molecule has 128 valence electrons. The number of benzene rings is 2. The second kappa shape index (κ2) is 7.09. The molecule has 0 saturated carbocycles. The maximum absolute atomic E-state index is 12.2. The van der Waals surface area contributed by atoms with E-state index in [-0.39, 0.29) is 18.5 Å². The first-order chi connectivity index (χ1) is 12.1. The van der Waals surface area contributed by atoms with E-state index in [2.05, 4.69) is 5.32 Å². The Balaban J connectivity index is 1.76. The molecule has 2 aromatic rings. The lowest BCUT2D eigenvalue weighted by atomic mass is 10.1. The van der Waals surface area contributed by atoms with Crippen molar-refractivity contribution in [3.8, 4) is 17.2 Å². The zero-order chi connectivity index (χ0) is 17.8. The quantitative estimate of drug-likeness (QED) is 0.668. The second-order valence-corrected chi connectivity index (χ2v) is 5.40. The maximum atomic E-state index is 12.2. The molecule has 0 radical (unpaired) electrons. The normalized spacial score (nSPS) is 12.2. The molecular weight excluding hydrogens is 322 g/mol. The first kappa shape index (κ1) is 16.6. The van der Waals surface area contributed by atoms with Crippen molar-refractivity contribution in [1.82, 2.24) is 0 Å². The number of hydrogen-bond donors (Lipinski definition) is 1. The number of anilines is 1. The lowest BCUT2D eigenvalue weighted by Gasteiger charge is -2.09. The van der Waals surface area contributed by atoms with Crippen molar-refractivity contribution in [1.29, 1.82) is 0 Å². The number of Topliss-reactive ketones (excluding diaryl/α,β-unsaturated/α-hetero) is 1. The average molecular weight is 339 g/mol. The van der Waals surface area contributed by atoms with E-state index in [0.29, 0.717) is 22.7 Å². The number of hydrogen-bond acceptors (Lipinski definition) is 5. The summed E-state index contributed by atoms with van der Waals surface area (Å²) in [5.41, 5.74) is 1.62. The molecule has 3 rings (SSSR count). The van der Waals surface area contributed by atoms with Gasteiger partial charge in [-0.25, -0.2) is 0 Å². The van der Waals surface area contributed by atoms with E-state index in [1.165, 1.54) is 13.0 Å². The van der Waals surface area contributed by atoms with E-state index in [4.69, 9.17) is 14.2 Å². The second-order valence-electron chi connectivity index (χ2n) is 5.40. The molecule has 1 aliphatic heterocycles. The van der Waals surface area contributed by atoms with Crippen molar-refractivity contribution in [2.75, 3.05) is 19.2 Å². The molecule has 0 unspecified atom stereocenters. The minimum absolute atomic E-state index is 0.0987. The van der Waals surface area contributed by atoms with Gasteiger partial charge in [0.1, 0.15) is 5.75 Å². The van der Waals surface area contributed by atoms with Gasteiger partial charge in [-0.2, -0.15) is 0 Å². The Hall–Kier alpha value is -3.28. The van der Waals surface area contributed by atoms with Gasteiger partial charge in [-0.05, 0) is 36.8 Å². The van der Waals surface area contributed by atoms with Crippen molar-refractivity contribution in [3.05, 3.63) is 53.6 Å². The summed E-state index contributed by atoms with van der Waals surface area (Å²) in [5.74, 6) is 1.22. The summed E-state index contributed by atoms with van der Waals surface area (Å²) >= 11 is 0. The lowest BCUT2D eigenvalue weighted by molar-refractivity contribution is -0.111. The number of rotatable bonds is 5. The van der Waals surface area contributed by atoms with Crippen LogP contribution in [0.1, 0.15) is 22.8 Å². The molecule has 1 N–H and O–H groups in total. The highest BCUT2D eigenvalue weighted by Crippen LogP contribution is 2.37. The molecule has 0 saturated heterocycles. The van der Waals surface area contributed by atoms with E-state index < -0.39 is 0 Å². The van der Waals surface area contributed by atoms with E-state index in [1.54, 1.807) is 25.3 Å². The molecule has 0 bridgehead atoms. The van der Waals surface area contributed by atoms with Crippen LogP contribution < -0.4 is 19.5 Å². The van der Waals surface area contributed by atoms with Crippen LogP contribution in [0.2, 0.25) is 0 Å². The Morgan fingerprint density at radius 3 is 2.44 bits per heavy atom. The third-order valence-corrected chi connectivity index (χ3v) is 3.69. The van der Waals surface area contributed by atoms with Crippen LogP contribution in [0.25, 0.3) is 6.08 Å². The lowest BCUT2D eigenvalue weighted by Crippen LogP contribution is -2.11. The number of ether oxygens (including phenoxy) is 3. The number of ketones is 1. The molecule has 0 aliphatic carbocycles. The third-order valence-electron chi connectivity index (χ3n) is 3.69. The van der Waals surface area contributed by atoms with Gasteiger partial charge >= 0.3 is 0 Å². The Morgan fingerprint density at radius 2 is 1.80 bits per heavy atom. The van der Waals surface area contributed by atoms with Gasteiger partial charge < -0.3 is 19.5 Å². The zero-order valence-corrected chi connectivity index (χ0v) is 13.9. The van der Waals surface area contributed by atoms with Gasteiger partial charge in [0.25, 0.3) is 0 Å². The van der Waals surface area contributed by atoms with Crippen molar-refractivity contribution < 1.29 is 23.8 Å². The van der Waals surface area contributed by atoms with Gasteiger partial charge in [0.15, 0.2) is 17.3 Å². The largest absolute Gasteiger partial charge is 0.497 e. The fourth-order valence-corrected chi connectivity index (χ4v) is 2.40. The number of carbonyl (C=O) groups excluding carboxylic acids is 2. The standard InChI is InChI=1S/C19H17NO5/c1-12(21)15-9-17-18(25-11-24-17)10-16(15)20-19(22)8-5-13-3-6-14(23-2)7-4-13/h3-10H,11H2,1-2H3,(H,20,22)/b8-5+. The summed E-state index contributed by atoms with van der Waals surface area (Å²) in [4.78, 5) is 24.0. The Labute approximate surface area is 145 Å². The van der Waals surface area contributed by atoms with Crippen molar-refractivity contribution in [3.63, 3.8) is 0 Å². The van der Waals surface area contributed by atoms with Gasteiger partial charge in [-0.1, -0.05) is 12.1 Å². The first-order valence-corrected chi connectivity index (χ1v) is 7.64. The van der Waals surface area contributed by atoms with E-state index in [9.17, 15) is 9.59 Å².